The smallest absolute Gasteiger partial charge is 0.0118 e. The lowest BCUT2D eigenvalue weighted by molar-refractivity contribution is 0.154. The van der Waals surface area contributed by atoms with E-state index in [-0.39, 0.29) is 0 Å². The summed E-state index contributed by atoms with van der Waals surface area (Å²) in [7, 11) is 0. The van der Waals surface area contributed by atoms with Gasteiger partial charge in [-0.2, -0.15) is 0 Å². The van der Waals surface area contributed by atoms with E-state index in [4.69, 9.17) is 0 Å². The molecule has 0 aromatic rings. The van der Waals surface area contributed by atoms with Gasteiger partial charge in [0, 0.05) is 6.04 Å². The summed E-state index contributed by atoms with van der Waals surface area (Å²) in [5.41, 5.74) is 0.527. The van der Waals surface area contributed by atoms with Crippen LogP contribution in [0.15, 0.2) is 0 Å². The molecule has 0 saturated heterocycles. The van der Waals surface area contributed by atoms with Gasteiger partial charge in [-0.1, -0.05) is 52.9 Å². The molecule has 0 spiro atoms. The summed E-state index contributed by atoms with van der Waals surface area (Å²) in [5.74, 6) is 2.00. The summed E-state index contributed by atoms with van der Waals surface area (Å²) >= 11 is 0. The van der Waals surface area contributed by atoms with Crippen molar-refractivity contribution in [2.75, 3.05) is 6.54 Å². The zero-order chi connectivity index (χ0) is 13.0. The summed E-state index contributed by atoms with van der Waals surface area (Å²) in [6, 6.07) is 0.773. The molecule has 2 rings (SSSR count). The van der Waals surface area contributed by atoms with Gasteiger partial charge in [0.1, 0.15) is 0 Å². The average Bonchev–Trinajstić information content (AvgIpc) is 2.38. The van der Waals surface area contributed by atoms with Crippen LogP contribution in [-0.4, -0.2) is 12.6 Å². The number of hydrogen-bond donors (Lipinski definition) is 1. The van der Waals surface area contributed by atoms with E-state index in [0.29, 0.717) is 5.41 Å². The van der Waals surface area contributed by atoms with Crippen molar-refractivity contribution in [1.82, 2.24) is 5.32 Å². The Labute approximate surface area is 114 Å². The Morgan fingerprint density at radius 3 is 2.22 bits per heavy atom. The van der Waals surface area contributed by atoms with E-state index >= 15 is 0 Å². The van der Waals surface area contributed by atoms with Gasteiger partial charge >= 0.3 is 0 Å². The second-order valence-electron chi connectivity index (χ2n) is 7.49. The second-order valence-corrected chi connectivity index (χ2v) is 7.49. The molecule has 0 radical (unpaired) electrons. The van der Waals surface area contributed by atoms with E-state index in [1.807, 2.05) is 0 Å². The quantitative estimate of drug-likeness (QED) is 0.759. The van der Waals surface area contributed by atoms with Gasteiger partial charge in [0.25, 0.3) is 0 Å². The predicted octanol–water partition coefficient (Wildman–Crippen LogP) is 4.76. The lowest BCUT2D eigenvalue weighted by Gasteiger charge is -2.40. The summed E-state index contributed by atoms with van der Waals surface area (Å²) in [6.45, 7) is 8.55. The van der Waals surface area contributed by atoms with E-state index in [1.54, 1.807) is 0 Å². The molecule has 2 saturated carbocycles. The highest BCUT2D eigenvalue weighted by molar-refractivity contribution is 4.88. The predicted molar refractivity (Wildman–Crippen MR) is 79.8 cm³/mol. The van der Waals surface area contributed by atoms with Crippen LogP contribution in [0.1, 0.15) is 78.6 Å². The molecule has 1 heteroatoms. The van der Waals surface area contributed by atoms with E-state index in [1.165, 1.54) is 64.3 Å². The standard InChI is InChI=1S/C17H33N/c1-4-14-8-10-15(11-9-14)13-18-16-7-5-6-12-17(16,2)3/h14-16,18H,4-13H2,1-3H3. The zero-order valence-corrected chi connectivity index (χ0v) is 12.8. The van der Waals surface area contributed by atoms with Crippen LogP contribution in [0.4, 0.5) is 0 Å². The van der Waals surface area contributed by atoms with Crippen molar-refractivity contribution in [1.29, 1.82) is 0 Å². The van der Waals surface area contributed by atoms with Crippen molar-refractivity contribution >= 4 is 0 Å². The van der Waals surface area contributed by atoms with Crippen LogP contribution in [0, 0.1) is 17.3 Å². The Hall–Kier alpha value is -0.0400. The molecule has 18 heavy (non-hydrogen) atoms. The van der Waals surface area contributed by atoms with Gasteiger partial charge in [0.15, 0.2) is 0 Å². The molecule has 106 valence electrons. The largest absolute Gasteiger partial charge is 0.313 e. The van der Waals surface area contributed by atoms with Crippen LogP contribution < -0.4 is 5.32 Å². The number of nitrogens with one attached hydrogen (secondary N) is 1. The van der Waals surface area contributed by atoms with Gasteiger partial charge in [-0.05, 0) is 49.5 Å². The molecule has 1 N–H and O–H groups in total. The first-order valence-electron chi connectivity index (χ1n) is 8.35. The minimum absolute atomic E-state index is 0.527. The molecule has 1 nitrogen and oxygen atoms in total. The number of hydrogen-bond acceptors (Lipinski definition) is 1. The molecule has 2 aliphatic carbocycles. The van der Waals surface area contributed by atoms with E-state index in [9.17, 15) is 0 Å². The minimum Gasteiger partial charge on any atom is -0.313 e. The summed E-state index contributed by atoms with van der Waals surface area (Å²) in [6.07, 6.45) is 13.0. The highest BCUT2D eigenvalue weighted by Crippen LogP contribution is 2.36. The maximum Gasteiger partial charge on any atom is 0.0118 e. The van der Waals surface area contributed by atoms with Gasteiger partial charge in [0.2, 0.25) is 0 Å². The Bertz CT molecular complexity index is 238. The molecule has 0 aromatic carbocycles. The maximum atomic E-state index is 3.91. The Kier molecular flexibility index (Phi) is 5.12. The molecule has 2 fully saturated rings. The average molecular weight is 251 g/mol. The molecule has 0 amide bonds. The van der Waals surface area contributed by atoms with Crippen molar-refractivity contribution in [2.45, 2.75) is 84.6 Å². The first-order chi connectivity index (χ1) is 8.62. The van der Waals surface area contributed by atoms with Crippen molar-refractivity contribution in [2.24, 2.45) is 17.3 Å². The molecule has 0 heterocycles. The monoisotopic (exact) mass is 251 g/mol. The second kappa shape index (κ2) is 6.41. The van der Waals surface area contributed by atoms with E-state index in [0.717, 1.165) is 17.9 Å². The fourth-order valence-electron chi connectivity index (χ4n) is 4.03. The first kappa shape index (κ1) is 14.4. The van der Waals surface area contributed by atoms with Gasteiger partial charge < -0.3 is 5.32 Å². The van der Waals surface area contributed by atoms with Gasteiger partial charge in [-0.25, -0.2) is 0 Å². The van der Waals surface area contributed by atoms with Crippen molar-refractivity contribution in [3.05, 3.63) is 0 Å². The minimum atomic E-state index is 0.527. The molecular formula is C17H33N. The first-order valence-corrected chi connectivity index (χ1v) is 8.35. The van der Waals surface area contributed by atoms with Crippen molar-refractivity contribution in [3.63, 3.8) is 0 Å². The zero-order valence-electron chi connectivity index (χ0n) is 12.8. The van der Waals surface area contributed by atoms with E-state index in [2.05, 4.69) is 26.1 Å². The third kappa shape index (κ3) is 3.73. The van der Waals surface area contributed by atoms with Crippen molar-refractivity contribution < 1.29 is 0 Å². The van der Waals surface area contributed by atoms with Crippen LogP contribution in [0.2, 0.25) is 0 Å². The molecule has 0 bridgehead atoms. The van der Waals surface area contributed by atoms with Crippen LogP contribution >= 0.6 is 0 Å². The molecule has 1 atom stereocenters. The molecule has 2 aliphatic rings. The fourth-order valence-corrected chi connectivity index (χ4v) is 4.03. The lowest BCUT2D eigenvalue weighted by atomic mass is 9.73. The van der Waals surface area contributed by atoms with E-state index < -0.39 is 0 Å². The van der Waals surface area contributed by atoms with Crippen LogP contribution in [-0.2, 0) is 0 Å². The Balaban J connectivity index is 1.71. The van der Waals surface area contributed by atoms with Crippen molar-refractivity contribution in [3.8, 4) is 0 Å². The number of rotatable bonds is 4. The summed E-state index contributed by atoms with van der Waals surface area (Å²) in [5, 5.41) is 3.91. The summed E-state index contributed by atoms with van der Waals surface area (Å²) < 4.78 is 0. The highest BCUT2D eigenvalue weighted by Gasteiger charge is 2.32. The third-order valence-electron chi connectivity index (χ3n) is 5.70. The lowest BCUT2D eigenvalue weighted by Crippen LogP contribution is -2.46. The van der Waals surface area contributed by atoms with Gasteiger partial charge in [0.05, 0.1) is 0 Å². The van der Waals surface area contributed by atoms with Crippen LogP contribution in [0.3, 0.4) is 0 Å². The highest BCUT2D eigenvalue weighted by atomic mass is 14.9. The van der Waals surface area contributed by atoms with Gasteiger partial charge in [-0.15, -0.1) is 0 Å². The normalized spacial score (nSPS) is 36.5. The Morgan fingerprint density at radius 1 is 0.944 bits per heavy atom. The Morgan fingerprint density at radius 2 is 1.61 bits per heavy atom. The molecule has 0 aromatic heterocycles. The fraction of sp³-hybridized carbons (Fsp3) is 1.00. The SMILES string of the molecule is CCC1CCC(CNC2CCCCC2(C)C)CC1. The maximum absolute atomic E-state index is 3.91. The van der Waals surface area contributed by atoms with Gasteiger partial charge in [-0.3, -0.25) is 0 Å². The summed E-state index contributed by atoms with van der Waals surface area (Å²) in [4.78, 5) is 0. The van der Waals surface area contributed by atoms with Crippen LogP contribution in [0.25, 0.3) is 0 Å². The molecule has 0 aliphatic heterocycles. The molecular weight excluding hydrogens is 218 g/mol. The topological polar surface area (TPSA) is 12.0 Å². The van der Waals surface area contributed by atoms with Crippen LogP contribution in [0.5, 0.6) is 0 Å². The third-order valence-corrected chi connectivity index (χ3v) is 5.70. The molecule has 1 unspecified atom stereocenters.